The standard InChI is InChI=1S/C73H118O5/c1-3-5-7-9-11-13-15-17-19-21-23-25-27-29-31-32-33-34-35-36-37-38-39-40-42-44-46-48-50-52-54-56-58-60-62-64-66-68-73(76)78-71(69-74)70-77-72(75)67-65-63-61-59-57-55-53-51-49-47-45-43-41-30-28-26-24-22-20-18-16-14-12-10-8-6-4-2/h5,7,11,13,16-19,22-25,28-31,33-34,36-37,39-40,44,46,50,52,71,74H,3-4,6,8-10,12,14-15,20-21,26-27,32,35,38,41-43,45,47-49,51,53-70H2,1-2H3/b7-5-,13-11-,18-16-,19-17-,24-22-,25-23-,30-28-,31-29-,34-33-,37-36-,40-39-,46-44-,52-50-. The summed E-state index contributed by atoms with van der Waals surface area (Å²) in [6.45, 7) is 4.01. The zero-order valence-corrected chi connectivity index (χ0v) is 50.4. The van der Waals surface area contributed by atoms with E-state index in [4.69, 9.17) is 9.47 Å². The van der Waals surface area contributed by atoms with Gasteiger partial charge in [-0.25, -0.2) is 0 Å². The number of hydrogen-bond acceptors (Lipinski definition) is 5. The third-order valence-electron chi connectivity index (χ3n) is 13.3. The van der Waals surface area contributed by atoms with Crippen molar-refractivity contribution in [2.24, 2.45) is 0 Å². The summed E-state index contributed by atoms with van der Waals surface area (Å²) in [4.78, 5) is 24.6. The van der Waals surface area contributed by atoms with Crippen molar-refractivity contribution in [3.05, 3.63) is 158 Å². The van der Waals surface area contributed by atoms with E-state index in [0.717, 1.165) is 128 Å². The Kier molecular flexibility index (Phi) is 63.0. The first-order valence-corrected chi connectivity index (χ1v) is 32.0. The normalized spacial score (nSPS) is 13.3. The zero-order chi connectivity index (χ0) is 56.2. The van der Waals surface area contributed by atoms with Crippen molar-refractivity contribution in [2.45, 2.75) is 277 Å². The van der Waals surface area contributed by atoms with E-state index in [1.807, 2.05) is 0 Å². The highest BCUT2D eigenvalue weighted by atomic mass is 16.6. The van der Waals surface area contributed by atoms with E-state index in [0.29, 0.717) is 12.8 Å². The fourth-order valence-corrected chi connectivity index (χ4v) is 8.53. The van der Waals surface area contributed by atoms with Gasteiger partial charge in [0, 0.05) is 12.8 Å². The fraction of sp³-hybridized carbons (Fsp3) is 0.616. The third-order valence-corrected chi connectivity index (χ3v) is 13.3. The quantitative estimate of drug-likeness (QED) is 0.0373. The molecule has 0 aliphatic carbocycles. The highest BCUT2D eigenvalue weighted by molar-refractivity contribution is 5.70. The molecule has 0 aromatic carbocycles. The lowest BCUT2D eigenvalue weighted by Gasteiger charge is -2.15. The largest absolute Gasteiger partial charge is 0.462 e. The Bertz CT molecular complexity index is 1690. The summed E-state index contributed by atoms with van der Waals surface area (Å²) < 4.78 is 10.7. The summed E-state index contributed by atoms with van der Waals surface area (Å²) in [7, 11) is 0. The maximum Gasteiger partial charge on any atom is 0.306 e. The van der Waals surface area contributed by atoms with Crippen molar-refractivity contribution in [1.82, 2.24) is 0 Å². The van der Waals surface area contributed by atoms with Crippen LogP contribution in [-0.4, -0.2) is 36.4 Å². The van der Waals surface area contributed by atoms with Crippen LogP contribution in [0, 0.1) is 0 Å². The van der Waals surface area contributed by atoms with Gasteiger partial charge in [0.15, 0.2) is 6.10 Å². The SMILES string of the molecule is CC/C=C\C/C=C\C/C=C\C/C=C\C/C=C\C/C=C\C/C=C\C/C=C\C/C=C\C/C=C\CCCCCCCCC(=O)OC(CO)COC(=O)CCCCCCCCCCCCCC/C=C\C/C=C\C/C=C\CCCCCCC. The number of allylic oxidation sites excluding steroid dienone is 26. The number of esters is 2. The molecule has 1 N–H and O–H groups in total. The third kappa shape index (κ3) is 64.0. The minimum atomic E-state index is -0.794. The van der Waals surface area contributed by atoms with Crippen LogP contribution in [0.2, 0.25) is 0 Å². The van der Waals surface area contributed by atoms with Crippen LogP contribution in [0.5, 0.6) is 0 Å². The predicted molar refractivity (Wildman–Crippen MR) is 343 cm³/mol. The molecular formula is C73H118O5. The second-order valence-electron chi connectivity index (χ2n) is 20.8. The van der Waals surface area contributed by atoms with E-state index in [2.05, 4.69) is 172 Å². The van der Waals surface area contributed by atoms with E-state index >= 15 is 0 Å². The highest BCUT2D eigenvalue weighted by Crippen LogP contribution is 2.15. The van der Waals surface area contributed by atoms with Crippen molar-refractivity contribution in [3.8, 4) is 0 Å². The van der Waals surface area contributed by atoms with Crippen molar-refractivity contribution in [2.75, 3.05) is 13.2 Å². The average Bonchev–Trinajstić information content (AvgIpc) is 3.44. The van der Waals surface area contributed by atoms with E-state index in [9.17, 15) is 14.7 Å². The molecule has 0 fully saturated rings. The Hall–Kier alpha value is -4.48. The minimum absolute atomic E-state index is 0.0818. The molecule has 0 rings (SSSR count). The van der Waals surface area contributed by atoms with Crippen LogP contribution in [0.4, 0.5) is 0 Å². The molecule has 0 spiro atoms. The fourth-order valence-electron chi connectivity index (χ4n) is 8.53. The summed E-state index contributed by atoms with van der Waals surface area (Å²) in [6, 6.07) is 0. The van der Waals surface area contributed by atoms with Gasteiger partial charge in [0.1, 0.15) is 6.61 Å². The molecular weight excluding hydrogens is 957 g/mol. The molecule has 78 heavy (non-hydrogen) atoms. The zero-order valence-electron chi connectivity index (χ0n) is 50.4. The minimum Gasteiger partial charge on any atom is -0.462 e. The number of carbonyl (C=O) groups excluding carboxylic acids is 2. The smallest absolute Gasteiger partial charge is 0.306 e. The Morgan fingerprint density at radius 2 is 0.551 bits per heavy atom. The molecule has 5 nitrogen and oxygen atoms in total. The maximum atomic E-state index is 12.3. The lowest BCUT2D eigenvalue weighted by atomic mass is 10.0. The van der Waals surface area contributed by atoms with Gasteiger partial charge in [0.25, 0.3) is 0 Å². The molecule has 1 unspecified atom stereocenters. The molecule has 1 atom stereocenters. The second kappa shape index (κ2) is 66.8. The Morgan fingerprint density at radius 1 is 0.308 bits per heavy atom. The summed E-state index contributed by atoms with van der Waals surface area (Å²) in [5.41, 5.74) is 0. The van der Waals surface area contributed by atoms with Gasteiger partial charge >= 0.3 is 11.9 Å². The van der Waals surface area contributed by atoms with Crippen LogP contribution in [0.15, 0.2) is 158 Å². The van der Waals surface area contributed by atoms with Gasteiger partial charge in [-0.1, -0.05) is 287 Å². The Morgan fingerprint density at radius 3 is 0.833 bits per heavy atom. The predicted octanol–water partition coefficient (Wildman–Crippen LogP) is 22.3. The molecule has 0 saturated carbocycles. The first-order valence-electron chi connectivity index (χ1n) is 32.0. The van der Waals surface area contributed by atoms with Crippen molar-refractivity contribution in [3.63, 3.8) is 0 Å². The molecule has 0 aromatic heterocycles. The van der Waals surface area contributed by atoms with Gasteiger partial charge in [0.2, 0.25) is 0 Å². The molecule has 0 bridgehead atoms. The first kappa shape index (κ1) is 73.5. The monoisotopic (exact) mass is 1070 g/mol. The van der Waals surface area contributed by atoms with E-state index in [1.54, 1.807) is 0 Å². The molecule has 5 heteroatoms. The molecule has 0 aromatic rings. The second-order valence-corrected chi connectivity index (χ2v) is 20.8. The molecule has 0 saturated heterocycles. The molecule has 0 amide bonds. The lowest BCUT2D eigenvalue weighted by molar-refractivity contribution is -0.161. The summed E-state index contributed by atoms with van der Waals surface area (Å²) in [5.74, 6) is -0.615. The van der Waals surface area contributed by atoms with E-state index in [-0.39, 0.29) is 25.2 Å². The molecule has 440 valence electrons. The summed E-state index contributed by atoms with van der Waals surface area (Å²) in [5, 5.41) is 9.68. The van der Waals surface area contributed by atoms with E-state index < -0.39 is 6.10 Å². The van der Waals surface area contributed by atoms with Crippen LogP contribution in [0.3, 0.4) is 0 Å². The van der Waals surface area contributed by atoms with Gasteiger partial charge in [-0.3, -0.25) is 9.59 Å². The van der Waals surface area contributed by atoms with Gasteiger partial charge in [-0.2, -0.15) is 0 Å². The van der Waals surface area contributed by atoms with Crippen LogP contribution < -0.4 is 0 Å². The molecule has 0 radical (unpaired) electrons. The summed E-state index contributed by atoms with van der Waals surface area (Å²) in [6.07, 6.45) is 102. The molecule has 0 heterocycles. The van der Waals surface area contributed by atoms with Crippen LogP contribution in [0.1, 0.15) is 271 Å². The molecule has 0 aliphatic rings. The first-order chi connectivity index (χ1) is 38.6. The van der Waals surface area contributed by atoms with E-state index in [1.165, 1.54) is 116 Å². The summed E-state index contributed by atoms with van der Waals surface area (Å²) >= 11 is 0. The van der Waals surface area contributed by atoms with Crippen molar-refractivity contribution < 1.29 is 24.2 Å². The van der Waals surface area contributed by atoms with Gasteiger partial charge in [-0.05, 0) is 128 Å². The number of carbonyl (C=O) groups is 2. The van der Waals surface area contributed by atoms with Crippen molar-refractivity contribution >= 4 is 11.9 Å². The van der Waals surface area contributed by atoms with Crippen LogP contribution in [-0.2, 0) is 19.1 Å². The van der Waals surface area contributed by atoms with Gasteiger partial charge < -0.3 is 14.6 Å². The number of hydrogen-bond donors (Lipinski definition) is 1. The molecule has 0 aliphatic heterocycles. The van der Waals surface area contributed by atoms with Gasteiger partial charge in [-0.15, -0.1) is 0 Å². The maximum absolute atomic E-state index is 12.3. The topological polar surface area (TPSA) is 72.8 Å². The average molecular weight is 1080 g/mol. The number of aliphatic hydroxyl groups is 1. The Balaban J connectivity index is 3.61. The van der Waals surface area contributed by atoms with Crippen LogP contribution in [0.25, 0.3) is 0 Å². The highest BCUT2D eigenvalue weighted by Gasteiger charge is 2.16. The van der Waals surface area contributed by atoms with Crippen molar-refractivity contribution in [1.29, 1.82) is 0 Å². The lowest BCUT2D eigenvalue weighted by Crippen LogP contribution is -2.28. The Labute approximate surface area is 481 Å². The van der Waals surface area contributed by atoms with Crippen LogP contribution >= 0.6 is 0 Å². The number of rotatable bonds is 57. The number of aliphatic hydroxyl groups excluding tert-OH is 1. The van der Waals surface area contributed by atoms with Gasteiger partial charge in [0.05, 0.1) is 6.61 Å². The number of unbranched alkanes of at least 4 members (excludes halogenated alkanes) is 23. The number of ether oxygens (including phenoxy) is 2.